The molecule has 21 heavy (non-hydrogen) atoms. The van der Waals surface area contributed by atoms with Crippen LogP contribution in [0, 0.1) is 5.92 Å². The number of hydrogen-bond acceptors (Lipinski definition) is 4. The van der Waals surface area contributed by atoms with Gasteiger partial charge in [0.15, 0.2) is 0 Å². The van der Waals surface area contributed by atoms with Gasteiger partial charge in [-0.2, -0.15) is 4.31 Å². The molecule has 0 atom stereocenters. The van der Waals surface area contributed by atoms with Crippen molar-refractivity contribution in [2.75, 3.05) is 45.6 Å². The second-order valence-electron chi connectivity index (χ2n) is 7.02. The first kappa shape index (κ1) is 15.7. The molecule has 5 nitrogen and oxygen atoms in total. The predicted molar refractivity (Wildman–Crippen MR) is 82.7 cm³/mol. The van der Waals surface area contributed by atoms with Crippen molar-refractivity contribution in [1.82, 2.24) is 9.21 Å². The molecule has 0 aromatic carbocycles. The zero-order chi connectivity index (χ0) is 14.9. The minimum Gasteiger partial charge on any atom is -0.381 e. The second kappa shape index (κ2) is 6.14. The lowest BCUT2D eigenvalue weighted by molar-refractivity contribution is 0.0377. The first-order valence-electron chi connectivity index (χ1n) is 8.28. The van der Waals surface area contributed by atoms with Crippen LogP contribution in [0.5, 0.6) is 0 Å². The molecule has 0 bridgehead atoms. The van der Waals surface area contributed by atoms with Crippen molar-refractivity contribution in [2.24, 2.45) is 5.92 Å². The Hall–Kier alpha value is -0.170. The van der Waals surface area contributed by atoms with E-state index in [1.54, 1.807) is 4.31 Å². The van der Waals surface area contributed by atoms with E-state index in [0.717, 1.165) is 71.0 Å². The molecule has 0 N–H and O–H groups in total. The monoisotopic (exact) mass is 316 g/mol. The average molecular weight is 316 g/mol. The highest BCUT2D eigenvalue weighted by molar-refractivity contribution is 7.88. The van der Waals surface area contributed by atoms with Crippen LogP contribution in [-0.4, -0.2) is 68.8 Å². The van der Waals surface area contributed by atoms with Crippen LogP contribution in [0.15, 0.2) is 0 Å². The summed E-state index contributed by atoms with van der Waals surface area (Å²) in [5, 5.41) is 0. The van der Waals surface area contributed by atoms with Gasteiger partial charge >= 0.3 is 0 Å². The van der Waals surface area contributed by atoms with Gasteiger partial charge in [0.1, 0.15) is 0 Å². The maximum absolute atomic E-state index is 12.0. The minimum atomic E-state index is -3.06. The number of nitrogens with zero attached hydrogens (tertiary/aromatic N) is 2. The highest BCUT2D eigenvalue weighted by atomic mass is 32.2. The summed E-state index contributed by atoms with van der Waals surface area (Å²) in [5.74, 6) is 0.766. The van der Waals surface area contributed by atoms with Crippen molar-refractivity contribution in [3.8, 4) is 0 Å². The van der Waals surface area contributed by atoms with Crippen LogP contribution in [0.1, 0.15) is 38.5 Å². The molecule has 0 unspecified atom stereocenters. The number of hydrogen-bond donors (Lipinski definition) is 0. The molecule has 3 heterocycles. The molecule has 122 valence electrons. The molecular weight excluding hydrogens is 288 g/mol. The van der Waals surface area contributed by atoms with Gasteiger partial charge in [0, 0.05) is 31.8 Å². The van der Waals surface area contributed by atoms with Crippen molar-refractivity contribution in [1.29, 1.82) is 0 Å². The minimum absolute atomic E-state index is 0.0697. The van der Waals surface area contributed by atoms with Gasteiger partial charge < -0.3 is 9.64 Å². The van der Waals surface area contributed by atoms with Gasteiger partial charge in [0.25, 0.3) is 0 Å². The molecule has 6 heteroatoms. The van der Waals surface area contributed by atoms with E-state index >= 15 is 0 Å². The molecule has 3 fully saturated rings. The molecule has 0 amide bonds. The second-order valence-corrected chi connectivity index (χ2v) is 8.93. The Morgan fingerprint density at radius 3 is 2.38 bits per heavy atom. The maximum atomic E-state index is 12.0. The summed E-state index contributed by atoms with van der Waals surface area (Å²) in [6.45, 7) is 5.79. The number of sulfonamides is 1. The van der Waals surface area contributed by atoms with Crippen molar-refractivity contribution in [3.63, 3.8) is 0 Å². The largest absolute Gasteiger partial charge is 0.381 e. The fourth-order valence-corrected chi connectivity index (χ4v) is 5.81. The van der Waals surface area contributed by atoms with E-state index in [1.165, 1.54) is 19.1 Å². The Kier molecular flexibility index (Phi) is 4.60. The van der Waals surface area contributed by atoms with E-state index in [9.17, 15) is 8.42 Å². The summed E-state index contributed by atoms with van der Waals surface area (Å²) in [6, 6.07) is 0. The topological polar surface area (TPSA) is 49.9 Å². The van der Waals surface area contributed by atoms with Crippen molar-refractivity contribution < 1.29 is 13.2 Å². The molecule has 0 radical (unpaired) electrons. The van der Waals surface area contributed by atoms with E-state index in [1.807, 2.05) is 0 Å². The van der Waals surface area contributed by atoms with Crippen LogP contribution in [0.3, 0.4) is 0 Å². The van der Waals surface area contributed by atoms with Gasteiger partial charge in [-0.05, 0) is 57.5 Å². The average Bonchev–Trinajstić information content (AvgIpc) is 2.87. The van der Waals surface area contributed by atoms with Gasteiger partial charge in [-0.25, -0.2) is 8.42 Å². The summed E-state index contributed by atoms with van der Waals surface area (Å²) in [4.78, 5) is 2.54. The summed E-state index contributed by atoms with van der Waals surface area (Å²) in [6.07, 6.45) is 7.80. The van der Waals surface area contributed by atoms with Crippen LogP contribution in [-0.2, 0) is 14.8 Å². The molecular formula is C15H28N2O3S. The predicted octanol–water partition coefficient (Wildman–Crippen LogP) is 1.30. The number of piperidine rings is 1. The molecule has 0 aromatic heterocycles. The summed E-state index contributed by atoms with van der Waals surface area (Å²) < 4.78 is 31.2. The lowest BCUT2D eigenvalue weighted by atomic mass is 9.85. The third-order valence-electron chi connectivity index (χ3n) is 5.58. The van der Waals surface area contributed by atoms with Crippen LogP contribution < -0.4 is 0 Å². The van der Waals surface area contributed by atoms with E-state index in [4.69, 9.17) is 4.74 Å². The first-order chi connectivity index (χ1) is 10.00. The Morgan fingerprint density at radius 1 is 1.10 bits per heavy atom. The molecule has 0 saturated carbocycles. The molecule has 0 aromatic rings. The highest BCUT2D eigenvalue weighted by Crippen LogP contribution is 2.40. The van der Waals surface area contributed by atoms with E-state index in [0.29, 0.717) is 0 Å². The highest BCUT2D eigenvalue weighted by Gasteiger charge is 2.47. The molecule has 3 saturated heterocycles. The summed E-state index contributed by atoms with van der Waals surface area (Å²) in [5.41, 5.74) is -0.0697. The lowest BCUT2D eigenvalue weighted by Crippen LogP contribution is -2.54. The zero-order valence-corrected chi connectivity index (χ0v) is 13.9. The summed E-state index contributed by atoms with van der Waals surface area (Å²) >= 11 is 0. The van der Waals surface area contributed by atoms with Gasteiger partial charge in [0.05, 0.1) is 6.26 Å². The third-order valence-corrected chi connectivity index (χ3v) is 6.95. The van der Waals surface area contributed by atoms with Crippen LogP contribution >= 0.6 is 0 Å². The Morgan fingerprint density at radius 2 is 1.76 bits per heavy atom. The maximum Gasteiger partial charge on any atom is 0.211 e. The van der Waals surface area contributed by atoms with E-state index in [2.05, 4.69) is 4.90 Å². The SMILES string of the molecule is CS(=O)(=O)N1CCCC12CCN(CC1CCOCC1)CC2. The van der Waals surface area contributed by atoms with Crippen molar-refractivity contribution in [2.45, 2.75) is 44.1 Å². The van der Waals surface area contributed by atoms with E-state index in [-0.39, 0.29) is 5.54 Å². The molecule has 1 spiro atoms. The van der Waals surface area contributed by atoms with Gasteiger partial charge in [-0.1, -0.05) is 0 Å². The Bertz CT molecular complexity index is 452. The first-order valence-corrected chi connectivity index (χ1v) is 10.1. The van der Waals surface area contributed by atoms with Crippen molar-refractivity contribution in [3.05, 3.63) is 0 Å². The number of ether oxygens (including phenoxy) is 1. The van der Waals surface area contributed by atoms with Gasteiger partial charge in [-0.15, -0.1) is 0 Å². The molecule has 3 rings (SSSR count). The fourth-order valence-electron chi connectivity index (χ4n) is 4.38. The van der Waals surface area contributed by atoms with E-state index < -0.39 is 10.0 Å². The van der Waals surface area contributed by atoms with Crippen LogP contribution in [0.2, 0.25) is 0 Å². The molecule has 0 aliphatic carbocycles. The van der Waals surface area contributed by atoms with Gasteiger partial charge in [0.2, 0.25) is 10.0 Å². The van der Waals surface area contributed by atoms with Crippen LogP contribution in [0.25, 0.3) is 0 Å². The third kappa shape index (κ3) is 3.44. The Labute approximate surface area is 128 Å². The lowest BCUT2D eigenvalue weighted by Gasteiger charge is -2.44. The molecule has 3 aliphatic rings. The number of rotatable bonds is 3. The van der Waals surface area contributed by atoms with Crippen LogP contribution in [0.4, 0.5) is 0 Å². The normalized spacial score (nSPS) is 29.2. The van der Waals surface area contributed by atoms with Crippen molar-refractivity contribution >= 4 is 10.0 Å². The fraction of sp³-hybridized carbons (Fsp3) is 1.00. The smallest absolute Gasteiger partial charge is 0.211 e. The standard InChI is InChI=1S/C15H28N2O3S/c1-21(18,19)17-8-2-5-15(17)6-9-16(10-7-15)13-14-3-11-20-12-4-14/h14H,2-13H2,1H3. The summed E-state index contributed by atoms with van der Waals surface area (Å²) in [7, 11) is -3.06. The Balaban J connectivity index is 1.56. The molecule has 3 aliphatic heterocycles. The zero-order valence-electron chi connectivity index (χ0n) is 13.1. The number of likely N-dealkylation sites (tertiary alicyclic amines) is 1. The quantitative estimate of drug-likeness (QED) is 0.787. The van der Waals surface area contributed by atoms with Gasteiger partial charge in [-0.3, -0.25) is 0 Å².